The Hall–Kier alpha value is -1.14. The summed E-state index contributed by atoms with van der Waals surface area (Å²) in [6, 6.07) is 2.40. The minimum absolute atomic E-state index is 0.0459. The van der Waals surface area contributed by atoms with Crippen molar-refractivity contribution in [3.63, 3.8) is 0 Å². The highest BCUT2D eigenvalue weighted by Gasteiger charge is 2.09. The van der Waals surface area contributed by atoms with E-state index in [2.05, 4.69) is 9.71 Å². The van der Waals surface area contributed by atoms with Crippen molar-refractivity contribution < 1.29 is 8.42 Å². The molecule has 0 aliphatic rings. The van der Waals surface area contributed by atoms with Crippen molar-refractivity contribution in [2.45, 2.75) is 4.90 Å². The Balaban J connectivity index is 3.23. The van der Waals surface area contributed by atoms with Crippen LogP contribution >= 0.6 is 0 Å². The van der Waals surface area contributed by atoms with Crippen LogP contribution in [0.25, 0.3) is 0 Å². The molecule has 0 atom stereocenters. The molecule has 1 aromatic rings. The highest BCUT2D eigenvalue weighted by atomic mass is 32.2. The van der Waals surface area contributed by atoms with E-state index in [0.29, 0.717) is 0 Å². The molecule has 0 saturated heterocycles. The van der Waals surface area contributed by atoms with E-state index in [1.54, 1.807) is 0 Å². The lowest BCUT2D eigenvalue weighted by Gasteiger charge is -1.99. The molecule has 0 aliphatic heterocycles. The van der Waals surface area contributed by atoms with Gasteiger partial charge in [0.05, 0.1) is 4.90 Å². The average molecular weight is 188 g/mol. The summed E-state index contributed by atoms with van der Waals surface area (Å²) in [6.45, 7) is 0. The van der Waals surface area contributed by atoms with E-state index >= 15 is 0 Å². The normalized spacial score (nSPS) is 11.4. The third-order valence-corrected chi connectivity index (χ3v) is 2.75. The van der Waals surface area contributed by atoms with Crippen LogP contribution in [0.2, 0.25) is 0 Å². The van der Waals surface area contributed by atoms with Crippen molar-refractivity contribution in [3.8, 4) is 0 Å². The topological polar surface area (TPSA) is 79.0 Å². The first-order valence-corrected chi connectivity index (χ1v) is 4.67. The summed E-state index contributed by atoms with van der Waals surface area (Å²) in [5, 5.41) is 0. The zero-order valence-electron chi connectivity index (χ0n) is 6.37. The molecule has 0 aromatic carbocycles. The van der Waals surface area contributed by atoms with E-state index in [-0.39, 0.29) is 10.5 Å². The zero-order valence-corrected chi connectivity index (χ0v) is 7.18. The van der Waals surface area contributed by atoms with Crippen LogP contribution in [-0.4, -0.2) is 20.4 Å². The molecule has 0 fully saturated rings. The number of aromatic amines is 1. The SMILES string of the molecule is CNS(=O)(=O)c1ccc(=O)[nH]c1. The standard InChI is InChI=1S/C6H8N2O3S/c1-7-12(10,11)5-2-3-6(9)8-4-5/h2-4,7H,1H3,(H,8,9). The number of sulfonamides is 1. The zero-order chi connectivity index (χ0) is 9.19. The van der Waals surface area contributed by atoms with Crippen LogP contribution in [0.3, 0.4) is 0 Å². The van der Waals surface area contributed by atoms with E-state index in [1.807, 2.05) is 0 Å². The molecule has 1 aromatic heterocycles. The molecular formula is C6H8N2O3S. The molecule has 0 radical (unpaired) electrons. The largest absolute Gasteiger partial charge is 0.328 e. The van der Waals surface area contributed by atoms with Crippen molar-refractivity contribution in [2.24, 2.45) is 0 Å². The van der Waals surface area contributed by atoms with Crippen LogP contribution in [0.1, 0.15) is 0 Å². The van der Waals surface area contributed by atoms with Gasteiger partial charge in [-0.25, -0.2) is 13.1 Å². The summed E-state index contributed by atoms with van der Waals surface area (Å²) in [7, 11) is -2.13. The summed E-state index contributed by atoms with van der Waals surface area (Å²) in [5.41, 5.74) is -0.329. The lowest BCUT2D eigenvalue weighted by atomic mass is 10.5. The van der Waals surface area contributed by atoms with Gasteiger partial charge in [0.15, 0.2) is 0 Å². The van der Waals surface area contributed by atoms with Crippen molar-refractivity contribution in [1.29, 1.82) is 0 Å². The van der Waals surface area contributed by atoms with Gasteiger partial charge in [0, 0.05) is 12.3 Å². The van der Waals surface area contributed by atoms with Crippen molar-refractivity contribution in [1.82, 2.24) is 9.71 Å². The maximum atomic E-state index is 11.1. The smallest absolute Gasteiger partial charge is 0.247 e. The number of nitrogens with one attached hydrogen (secondary N) is 2. The Bertz CT molecular complexity index is 400. The predicted octanol–water partition coefficient (Wildman–Crippen LogP) is -0.717. The van der Waals surface area contributed by atoms with Gasteiger partial charge in [-0.2, -0.15) is 0 Å². The van der Waals surface area contributed by atoms with Crippen LogP contribution in [-0.2, 0) is 10.0 Å². The molecule has 1 rings (SSSR count). The van der Waals surface area contributed by atoms with E-state index in [9.17, 15) is 13.2 Å². The Morgan fingerprint density at radius 3 is 2.50 bits per heavy atom. The lowest BCUT2D eigenvalue weighted by molar-refractivity contribution is 0.588. The monoisotopic (exact) mass is 188 g/mol. The molecule has 6 heteroatoms. The molecule has 66 valence electrons. The van der Waals surface area contributed by atoms with Crippen LogP contribution in [0.4, 0.5) is 0 Å². The van der Waals surface area contributed by atoms with Crippen LogP contribution in [0.15, 0.2) is 28.0 Å². The third kappa shape index (κ3) is 1.72. The van der Waals surface area contributed by atoms with Gasteiger partial charge in [0.1, 0.15) is 0 Å². The van der Waals surface area contributed by atoms with Gasteiger partial charge >= 0.3 is 0 Å². The molecule has 0 aliphatic carbocycles. The first-order chi connectivity index (χ1) is 5.56. The number of pyridine rings is 1. The molecule has 0 bridgehead atoms. The molecular weight excluding hydrogens is 180 g/mol. The quantitative estimate of drug-likeness (QED) is 0.643. The molecule has 0 saturated carbocycles. The van der Waals surface area contributed by atoms with Gasteiger partial charge < -0.3 is 4.98 Å². The molecule has 0 unspecified atom stereocenters. The van der Waals surface area contributed by atoms with Gasteiger partial charge in [0.25, 0.3) is 0 Å². The van der Waals surface area contributed by atoms with E-state index < -0.39 is 10.0 Å². The predicted molar refractivity (Wildman–Crippen MR) is 43.3 cm³/mol. The van der Waals surface area contributed by atoms with Gasteiger partial charge in [-0.15, -0.1) is 0 Å². The first-order valence-electron chi connectivity index (χ1n) is 3.18. The number of aromatic nitrogens is 1. The Morgan fingerprint density at radius 1 is 1.42 bits per heavy atom. The van der Waals surface area contributed by atoms with Crippen molar-refractivity contribution in [3.05, 3.63) is 28.7 Å². The molecule has 12 heavy (non-hydrogen) atoms. The fraction of sp³-hybridized carbons (Fsp3) is 0.167. The van der Waals surface area contributed by atoms with Crippen LogP contribution in [0, 0.1) is 0 Å². The molecule has 0 amide bonds. The Labute approximate surface area is 69.5 Å². The van der Waals surface area contributed by atoms with E-state index in [4.69, 9.17) is 0 Å². The second kappa shape index (κ2) is 3.08. The van der Waals surface area contributed by atoms with Gasteiger partial charge in [-0.1, -0.05) is 0 Å². The van der Waals surface area contributed by atoms with Gasteiger partial charge in [-0.3, -0.25) is 4.79 Å². The number of hydrogen-bond donors (Lipinski definition) is 2. The highest BCUT2D eigenvalue weighted by Crippen LogP contribution is 2.01. The first kappa shape index (κ1) is 8.95. The lowest BCUT2D eigenvalue weighted by Crippen LogP contribution is -2.19. The number of hydrogen-bond acceptors (Lipinski definition) is 3. The average Bonchev–Trinajstić information content (AvgIpc) is 2.05. The minimum atomic E-state index is -3.44. The van der Waals surface area contributed by atoms with Gasteiger partial charge in [0.2, 0.25) is 15.6 Å². The summed E-state index contributed by atoms with van der Waals surface area (Å²) in [5.74, 6) is 0. The second-order valence-electron chi connectivity index (χ2n) is 2.10. The van der Waals surface area contributed by atoms with Crippen LogP contribution in [0.5, 0.6) is 0 Å². The minimum Gasteiger partial charge on any atom is -0.328 e. The summed E-state index contributed by atoms with van der Waals surface area (Å²) in [6.07, 6.45) is 1.15. The molecule has 5 nitrogen and oxygen atoms in total. The Kier molecular flexibility index (Phi) is 2.30. The second-order valence-corrected chi connectivity index (χ2v) is 3.98. The van der Waals surface area contributed by atoms with Crippen molar-refractivity contribution in [2.75, 3.05) is 7.05 Å². The van der Waals surface area contributed by atoms with Crippen LogP contribution < -0.4 is 10.3 Å². The third-order valence-electron chi connectivity index (χ3n) is 1.33. The van der Waals surface area contributed by atoms with Gasteiger partial charge in [-0.05, 0) is 13.1 Å². The maximum absolute atomic E-state index is 11.1. The molecule has 2 N–H and O–H groups in total. The summed E-state index contributed by atoms with van der Waals surface area (Å²) in [4.78, 5) is 12.9. The molecule has 0 spiro atoms. The maximum Gasteiger partial charge on any atom is 0.247 e. The van der Waals surface area contributed by atoms with E-state index in [1.165, 1.54) is 13.1 Å². The highest BCUT2D eigenvalue weighted by molar-refractivity contribution is 7.89. The van der Waals surface area contributed by atoms with E-state index in [0.717, 1.165) is 12.3 Å². The molecule has 1 heterocycles. The Morgan fingerprint density at radius 2 is 2.08 bits per heavy atom. The van der Waals surface area contributed by atoms with Crippen molar-refractivity contribution >= 4 is 10.0 Å². The number of H-pyrrole nitrogens is 1. The summed E-state index contributed by atoms with van der Waals surface area (Å²) < 4.78 is 24.3. The summed E-state index contributed by atoms with van der Waals surface area (Å²) >= 11 is 0. The number of rotatable bonds is 2. The fourth-order valence-electron chi connectivity index (χ4n) is 0.681. The fourth-order valence-corrected chi connectivity index (χ4v) is 1.38.